The highest BCUT2D eigenvalue weighted by Crippen LogP contribution is 2.16. The van der Waals surface area contributed by atoms with Crippen LogP contribution in [0.3, 0.4) is 0 Å². The molecule has 0 saturated carbocycles. The number of carbonyl (C=O) groups excluding carboxylic acids is 1. The molecule has 3 aromatic carbocycles. The van der Waals surface area contributed by atoms with Crippen molar-refractivity contribution in [2.75, 3.05) is 0 Å². The van der Waals surface area contributed by atoms with Gasteiger partial charge in [-0.2, -0.15) is 4.72 Å². The quantitative estimate of drug-likeness (QED) is 0.526. The summed E-state index contributed by atoms with van der Waals surface area (Å²) < 4.78 is 28.2. The number of sulfonamides is 1. The molecule has 0 aliphatic carbocycles. The van der Waals surface area contributed by atoms with Gasteiger partial charge in [-0.15, -0.1) is 0 Å². The van der Waals surface area contributed by atoms with Gasteiger partial charge >= 0.3 is 0 Å². The lowest BCUT2D eigenvalue weighted by Crippen LogP contribution is -2.47. The van der Waals surface area contributed by atoms with E-state index in [0.29, 0.717) is 10.0 Å². The standard InChI is InChI=1S/C22H20Cl2N2O3S/c23-18-10-12-19(13-11-18)30(28,29)26-21(14-16-6-2-1-3-7-16)22(27)25-15-17-8-4-5-9-20(17)24/h1-13,21,26H,14-15H2,(H,25,27). The maximum absolute atomic E-state index is 12.9. The van der Waals surface area contributed by atoms with Gasteiger partial charge in [-0.3, -0.25) is 4.79 Å². The topological polar surface area (TPSA) is 75.3 Å². The average Bonchev–Trinajstić information content (AvgIpc) is 2.73. The Bertz CT molecular complexity index is 1100. The minimum absolute atomic E-state index is 0.0314. The maximum Gasteiger partial charge on any atom is 0.241 e. The lowest BCUT2D eigenvalue weighted by Gasteiger charge is -2.19. The number of nitrogens with one attached hydrogen (secondary N) is 2. The van der Waals surface area contributed by atoms with Crippen LogP contribution in [0.1, 0.15) is 11.1 Å². The number of halogens is 2. The van der Waals surface area contributed by atoms with E-state index in [1.165, 1.54) is 24.3 Å². The lowest BCUT2D eigenvalue weighted by molar-refractivity contribution is -0.122. The zero-order chi connectivity index (χ0) is 21.6. The van der Waals surface area contributed by atoms with Gasteiger partial charge in [-0.05, 0) is 47.9 Å². The first-order chi connectivity index (χ1) is 14.3. The molecule has 8 heteroatoms. The van der Waals surface area contributed by atoms with E-state index in [1.54, 1.807) is 18.2 Å². The monoisotopic (exact) mass is 462 g/mol. The largest absolute Gasteiger partial charge is 0.351 e. The van der Waals surface area contributed by atoms with Crippen LogP contribution < -0.4 is 10.0 Å². The Balaban J connectivity index is 1.79. The summed E-state index contributed by atoms with van der Waals surface area (Å²) in [5.41, 5.74) is 1.57. The van der Waals surface area contributed by atoms with Crippen LogP contribution in [0.2, 0.25) is 10.0 Å². The van der Waals surface area contributed by atoms with Crippen LogP contribution in [-0.2, 0) is 27.8 Å². The van der Waals surface area contributed by atoms with Crippen LogP contribution in [0.15, 0.2) is 83.8 Å². The molecule has 0 saturated heterocycles. The van der Waals surface area contributed by atoms with E-state index >= 15 is 0 Å². The normalized spacial score (nSPS) is 12.3. The van der Waals surface area contributed by atoms with E-state index in [2.05, 4.69) is 10.0 Å². The molecular formula is C22H20Cl2N2O3S. The van der Waals surface area contributed by atoms with E-state index in [1.807, 2.05) is 36.4 Å². The second-order valence-corrected chi connectivity index (χ2v) is 9.18. The second kappa shape index (κ2) is 10.1. The molecular weight excluding hydrogens is 443 g/mol. The molecule has 0 radical (unpaired) electrons. The Morgan fingerprint density at radius 1 is 0.867 bits per heavy atom. The van der Waals surface area contributed by atoms with Crippen LogP contribution >= 0.6 is 23.2 Å². The fourth-order valence-electron chi connectivity index (χ4n) is 2.85. The zero-order valence-corrected chi connectivity index (χ0v) is 18.2. The average molecular weight is 463 g/mol. The predicted octanol–water partition coefficient (Wildman–Crippen LogP) is 4.20. The Hall–Kier alpha value is -2.38. The van der Waals surface area contributed by atoms with Crippen LogP contribution in [0.25, 0.3) is 0 Å². The summed E-state index contributed by atoms with van der Waals surface area (Å²) in [4.78, 5) is 12.9. The van der Waals surface area contributed by atoms with Crippen molar-refractivity contribution >= 4 is 39.1 Å². The van der Waals surface area contributed by atoms with Crippen molar-refractivity contribution in [3.8, 4) is 0 Å². The van der Waals surface area contributed by atoms with Gasteiger partial charge in [0, 0.05) is 16.6 Å². The molecule has 0 aromatic heterocycles. The molecule has 30 heavy (non-hydrogen) atoms. The summed E-state index contributed by atoms with van der Waals surface area (Å²) in [6.45, 7) is 0.187. The smallest absolute Gasteiger partial charge is 0.241 e. The lowest BCUT2D eigenvalue weighted by atomic mass is 10.1. The van der Waals surface area contributed by atoms with Crippen LogP contribution in [-0.4, -0.2) is 20.4 Å². The number of carbonyl (C=O) groups is 1. The zero-order valence-electron chi connectivity index (χ0n) is 15.9. The van der Waals surface area contributed by atoms with Crippen molar-refractivity contribution in [1.82, 2.24) is 10.0 Å². The highest BCUT2D eigenvalue weighted by molar-refractivity contribution is 7.89. The molecule has 0 spiro atoms. The third-order valence-corrected chi connectivity index (χ3v) is 6.54. The van der Waals surface area contributed by atoms with E-state index in [9.17, 15) is 13.2 Å². The summed E-state index contributed by atoms with van der Waals surface area (Å²) in [6, 6.07) is 21.1. The van der Waals surface area contributed by atoms with E-state index in [4.69, 9.17) is 23.2 Å². The molecule has 156 valence electrons. The van der Waals surface area contributed by atoms with Gasteiger partial charge in [0.15, 0.2) is 0 Å². The van der Waals surface area contributed by atoms with Crippen molar-refractivity contribution in [1.29, 1.82) is 0 Å². The Morgan fingerprint density at radius 3 is 2.17 bits per heavy atom. The molecule has 0 aliphatic rings. The number of benzene rings is 3. The Labute approximate surface area is 186 Å². The summed E-state index contributed by atoms with van der Waals surface area (Å²) in [5, 5.41) is 3.72. The molecule has 0 heterocycles. The first-order valence-corrected chi connectivity index (χ1v) is 11.4. The predicted molar refractivity (Wildman–Crippen MR) is 119 cm³/mol. The fraction of sp³-hybridized carbons (Fsp3) is 0.136. The Morgan fingerprint density at radius 2 is 1.50 bits per heavy atom. The highest BCUT2D eigenvalue weighted by atomic mass is 35.5. The van der Waals surface area contributed by atoms with Crippen molar-refractivity contribution in [3.63, 3.8) is 0 Å². The van der Waals surface area contributed by atoms with Gasteiger partial charge in [0.2, 0.25) is 15.9 Å². The number of hydrogen-bond donors (Lipinski definition) is 2. The fourth-order valence-corrected chi connectivity index (χ4v) is 4.38. The van der Waals surface area contributed by atoms with Gasteiger partial charge in [-0.1, -0.05) is 71.7 Å². The van der Waals surface area contributed by atoms with Crippen molar-refractivity contribution in [2.24, 2.45) is 0 Å². The molecule has 0 aliphatic heterocycles. The molecule has 1 unspecified atom stereocenters. The minimum Gasteiger partial charge on any atom is -0.351 e. The van der Waals surface area contributed by atoms with Gasteiger partial charge in [0.1, 0.15) is 6.04 Å². The molecule has 0 fully saturated rings. The second-order valence-electron chi connectivity index (χ2n) is 6.63. The van der Waals surface area contributed by atoms with Gasteiger partial charge in [0.25, 0.3) is 0 Å². The van der Waals surface area contributed by atoms with Crippen molar-refractivity contribution in [2.45, 2.75) is 23.9 Å². The molecule has 3 rings (SSSR count). The van der Waals surface area contributed by atoms with Crippen LogP contribution in [0.5, 0.6) is 0 Å². The molecule has 1 atom stereocenters. The molecule has 0 bridgehead atoms. The number of amides is 1. The molecule has 5 nitrogen and oxygen atoms in total. The summed E-state index contributed by atoms with van der Waals surface area (Å²) >= 11 is 12.0. The van der Waals surface area contributed by atoms with E-state index < -0.39 is 22.0 Å². The number of hydrogen-bond acceptors (Lipinski definition) is 3. The van der Waals surface area contributed by atoms with Gasteiger partial charge < -0.3 is 5.32 Å². The highest BCUT2D eigenvalue weighted by Gasteiger charge is 2.26. The number of rotatable bonds is 8. The Kier molecular flexibility index (Phi) is 7.50. The molecule has 2 N–H and O–H groups in total. The van der Waals surface area contributed by atoms with E-state index in [0.717, 1.165) is 11.1 Å². The summed E-state index contributed by atoms with van der Waals surface area (Å²) in [6.07, 6.45) is 0.196. The minimum atomic E-state index is -3.93. The van der Waals surface area contributed by atoms with Gasteiger partial charge in [-0.25, -0.2) is 8.42 Å². The first kappa shape index (κ1) is 22.3. The maximum atomic E-state index is 12.9. The first-order valence-electron chi connectivity index (χ1n) is 9.18. The van der Waals surface area contributed by atoms with Crippen molar-refractivity contribution in [3.05, 3.63) is 100 Å². The summed E-state index contributed by atoms with van der Waals surface area (Å²) in [7, 11) is -3.93. The molecule has 3 aromatic rings. The van der Waals surface area contributed by atoms with Crippen LogP contribution in [0.4, 0.5) is 0 Å². The van der Waals surface area contributed by atoms with Crippen LogP contribution in [0, 0.1) is 0 Å². The van der Waals surface area contributed by atoms with E-state index in [-0.39, 0.29) is 17.9 Å². The van der Waals surface area contributed by atoms with Gasteiger partial charge in [0.05, 0.1) is 4.90 Å². The SMILES string of the molecule is O=C(NCc1ccccc1Cl)C(Cc1ccccc1)NS(=O)(=O)c1ccc(Cl)cc1. The third-order valence-electron chi connectivity index (χ3n) is 4.43. The van der Waals surface area contributed by atoms with Crippen molar-refractivity contribution < 1.29 is 13.2 Å². The summed E-state index contributed by atoms with van der Waals surface area (Å²) in [5.74, 6) is -0.448. The molecule has 1 amide bonds. The third kappa shape index (κ3) is 6.06.